The minimum absolute atomic E-state index is 0.837. The van der Waals surface area contributed by atoms with E-state index in [1.54, 1.807) is 28.4 Å². The van der Waals surface area contributed by atoms with E-state index in [0.717, 1.165) is 44.2 Å². The molecule has 0 aromatic heterocycles. The topological polar surface area (TPSA) is 43.4 Å². The second kappa shape index (κ2) is 13.1. The third-order valence-electron chi connectivity index (χ3n) is 6.25. The van der Waals surface area contributed by atoms with Crippen molar-refractivity contribution in [2.45, 2.75) is 0 Å². The Hall–Kier alpha value is -3.14. The van der Waals surface area contributed by atoms with E-state index in [-0.39, 0.29) is 0 Å². The fourth-order valence-electron chi connectivity index (χ4n) is 4.36. The molecular weight excluding hydrogens is 514 g/mol. The van der Waals surface area contributed by atoms with Crippen LogP contribution in [0.25, 0.3) is 0 Å². The molecule has 198 valence electrons. The second-order valence-electron chi connectivity index (χ2n) is 8.29. The lowest BCUT2D eigenvalue weighted by molar-refractivity contribution is 0.270. The van der Waals surface area contributed by atoms with Crippen LogP contribution in [0.3, 0.4) is 0 Å². The minimum atomic E-state index is -1.10. The van der Waals surface area contributed by atoms with Crippen molar-refractivity contribution >= 4 is 37.4 Å². The van der Waals surface area contributed by atoms with Gasteiger partial charge in [-0.15, -0.1) is 0 Å². The van der Waals surface area contributed by atoms with Crippen molar-refractivity contribution in [1.82, 2.24) is 9.56 Å². The number of para-hydroxylation sites is 4. The van der Waals surface area contributed by atoms with Gasteiger partial charge in [-0.1, -0.05) is 48.5 Å². The van der Waals surface area contributed by atoms with Crippen molar-refractivity contribution in [3.63, 3.8) is 0 Å². The van der Waals surface area contributed by atoms with Crippen LogP contribution >= 0.6 is 16.1 Å². The zero-order chi connectivity index (χ0) is 27.1. The summed E-state index contributed by atoms with van der Waals surface area (Å²) < 4.78 is 28.0. The lowest BCUT2D eigenvalue weighted by Crippen LogP contribution is -2.40. The lowest BCUT2D eigenvalue weighted by atomic mass is 10.3. The van der Waals surface area contributed by atoms with E-state index >= 15 is 0 Å². The Balaban J connectivity index is 1.93. The van der Waals surface area contributed by atoms with E-state index in [9.17, 15) is 0 Å². The quantitative estimate of drug-likeness (QED) is 0.196. The van der Waals surface area contributed by atoms with Gasteiger partial charge in [0, 0.05) is 35.3 Å². The highest BCUT2D eigenvalue weighted by Crippen LogP contribution is 2.51. The first kappa shape index (κ1) is 27.9. The summed E-state index contributed by atoms with van der Waals surface area (Å²) in [4.78, 5) is 0. The van der Waals surface area contributed by atoms with Crippen LogP contribution in [0.5, 0.6) is 23.0 Å². The fraction of sp³-hybridized carbons (Fsp3) is 0.200. The largest absolute Gasteiger partial charge is 0.496 e. The molecule has 0 amide bonds. The van der Waals surface area contributed by atoms with Gasteiger partial charge in [0.25, 0.3) is 0 Å². The molecule has 0 spiro atoms. The van der Waals surface area contributed by atoms with E-state index in [1.807, 2.05) is 48.5 Å². The summed E-state index contributed by atoms with van der Waals surface area (Å²) in [6, 6.07) is 32.8. The predicted molar refractivity (Wildman–Crippen MR) is 160 cm³/mol. The van der Waals surface area contributed by atoms with Crippen LogP contribution in [0.1, 0.15) is 0 Å². The highest BCUT2D eigenvalue weighted by Gasteiger charge is 2.34. The Morgan fingerprint density at radius 2 is 0.605 bits per heavy atom. The molecular formula is C30H34N2O4P2. The van der Waals surface area contributed by atoms with Crippen LogP contribution in [0.15, 0.2) is 97.1 Å². The molecule has 38 heavy (non-hydrogen) atoms. The van der Waals surface area contributed by atoms with Gasteiger partial charge in [-0.2, -0.15) is 0 Å². The monoisotopic (exact) mass is 548 g/mol. The van der Waals surface area contributed by atoms with Gasteiger partial charge in [-0.3, -0.25) is 0 Å². The average Bonchev–Trinajstić information content (AvgIpc) is 2.98. The van der Waals surface area contributed by atoms with Crippen LogP contribution < -0.4 is 40.2 Å². The third-order valence-corrected chi connectivity index (χ3v) is 11.4. The van der Waals surface area contributed by atoms with Gasteiger partial charge in [-0.05, 0) is 48.5 Å². The molecule has 0 fully saturated rings. The van der Waals surface area contributed by atoms with Crippen molar-refractivity contribution in [2.24, 2.45) is 0 Å². The van der Waals surface area contributed by atoms with Gasteiger partial charge < -0.3 is 18.9 Å². The first-order valence-corrected chi connectivity index (χ1v) is 14.7. The molecule has 0 aliphatic carbocycles. The van der Waals surface area contributed by atoms with Gasteiger partial charge >= 0.3 is 0 Å². The zero-order valence-electron chi connectivity index (χ0n) is 22.7. The van der Waals surface area contributed by atoms with Crippen LogP contribution in [0.4, 0.5) is 0 Å². The average molecular weight is 549 g/mol. The van der Waals surface area contributed by atoms with Gasteiger partial charge in [-0.25, -0.2) is 9.56 Å². The number of hydrazine groups is 1. The van der Waals surface area contributed by atoms with E-state index in [0.29, 0.717) is 0 Å². The Bertz CT molecular complexity index is 1160. The fourth-order valence-corrected chi connectivity index (χ4v) is 9.53. The van der Waals surface area contributed by atoms with Gasteiger partial charge in [0.2, 0.25) is 0 Å². The molecule has 4 aromatic rings. The Morgan fingerprint density at radius 3 is 0.816 bits per heavy atom. The van der Waals surface area contributed by atoms with Crippen LogP contribution in [0.2, 0.25) is 0 Å². The van der Waals surface area contributed by atoms with Gasteiger partial charge in [0.05, 0.1) is 44.6 Å². The molecule has 4 aromatic carbocycles. The minimum Gasteiger partial charge on any atom is -0.496 e. The van der Waals surface area contributed by atoms with Crippen molar-refractivity contribution in [2.75, 3.05) is 42.5 Å². The highest BCUT2D eigenvalue weighted by molar-refractivity contribution is 7.74. The highest BCUT2D eigenvalue weighted by atomic mass is 31.1. The van der Waals surface area contributed by atoms with Crippen molar-refractivity contribution in [3.8, 4) is 23.0 Å². The van der Waals surface area contributed by atoms with E-state index < -0.39 is 16.1 Å². The number of benzene rings is 4. The Morgan fingerprint density at radius 1 is 0.395 bits per heavy atom. The summed E-state index contributed by atoms with van der Waals surface area (Å²) in [6.45, 7) is 0. The summed E-state index contributed by atoms with van der Waals surface area (Å²) in [6.07, 6.45) is 0. The molecule has 0 radical (unpaired) electrons. The van der Waals surface area contributed by atoms with Crippen LogP contribution in [-0.4, -0.2) is 52.1 Å². The normalized spacial score (nSPS) is 11.3. The number of methoxy groups -OCH3 is 4. The number of hydrogen-bond donors (Lipinski definition) is 0. The first-order chi connectivity index (χ1) is 18.5. The smallest absolute Gasteiger partial charge is 0.128 e. The van der Waals surface area contributed by atoms with Crippen molar-refractivity contribution < 1.29 is 18.9 Å². The number of ether oxygens (including phenoxy) is 4. The van der Waals surface area contributed by atoms with E-state index in [4.69, 9.17) is 18.9 Å². The summed E-state index contributed by atoms with van der Waals surface area (Å²) in [5.41, 5.74) is 0. The first-order valence-electron chi connectivity index (χ1n) is 12.1. The Labute approximate surface area is 228 Å². The molecule has 0 unspecified atom stereocenters. The molecule has 8 heteroatoms. The summed E-state index contributed by atoms with van der Waals surface area (Å²) in [5.74, 6) is 3.35. The lowest BCUT2D eigenvalue weighted by Gasteiger charge is -2.41. The maximum Gasteiger partial charge on any atom is 0.128 e. The SMILES string of the molecule is COc1ccccc1P(c1ccccc1OC)N(C)N(C)P(c1ccccc1OC)c1ccccc1OC. The molecule has 6 nitrogen and oxygen atoms in total. The zero-order valence-corrected chi connectivity index (χ0v) is 24.4. The van der Waals surface area contributed by atoms with Crippen LogP contribution in [-0.2, 0) is 0 Å². The molecule has 0 aliphatic rings. The molecule has 0 aliphatic heterocycles. The van der Waals surface area contributed by atoms with Gasteiger partial charge in [0.15, 0.2) is 0 Å². The summed E-state index contributed by atoms with van der Waals surface area (Å²) in [7, 11) is 8.92. The second-order valence-corrected chi connectivity index (χ2v) is 12.6. The molecule has 0 heterocycles. The number of hydrogen-bond acceptors (Lipinski definition) is 6. The summed E-state index contributed by atoms with van der Waals surface area (Å²) >= 11 is 0. The maximum atomic E-state index is 5.85. The molecule has 0 saturated heterocycles. The van der Waals surface area contributed by atoms with Crippen molar-refractivity contribution in [3.05, 3.63) is 97.1 Å². The maximum absolute atomic E-state index is 5.85. The van der Waals surface area contributed by atoms with Crippen molar-refractivity contribution in [1.29, 1.82) is 0 Å². The molecule has 0 N–H and O–H groups in total. The van der Waals surface area contributed by atoms with E-state index in [1.165, 1.54) is 0 Å². The Kier molecular flexibility index (Phi) is 9.60. The van der Waals surface area contributed by atoms with Gasteiger partial charge in [0.1, 0.15) is 23.0 Å². The van der Waals surface area contributed by atoms with E-state index in [2.05, 4.69) is 72.2 Å². The predicted octanol–water partition coefficient (Wildman–Crippen LogP) is 4.90. The number of nitrogens with zero attached hydrogens (tertiary/aromatic N) is 2. The number of rotatable bonds is 11. The third kappa shape index (κ3) is 5.65. The summed E-state index contributed by atoms with van der Waals surface area (Å²) in [5, 5.41) is 4.38. The molecule has 0 atom stereocenters. The molecule has 0 bridgehead atoms. The van der Waals surface area contributed by atoms with Crippen LogP contribution in [0, 0.1) is 0 Å². The molecule has 0 saturated carbocycles. The standard InChI is InChI=1S/C30H34N2O4P2/c1-31(37(27-19-11-7-15-23(27)33-3)28-20-12-8-16-24(28)34-4)32(2)38(29-21-13-9-17-25(29)35-5)30-22-14-10-18-26(30)36-6/h7-22H,1-6H3. The molecule has 4 rings (SSSR count).